The van der Waals surface area contributed by atoms with Gasteiger partial charge in [0.15, 0.2) is 5.11 Å². The van der Waals surface area contributed by atoms with E-state index in [2.05, 4.69) is 16.0 Å². The van der Waals surface area contributed by atoms with Crippen LogP contribution in [0.2, 0.25) is 10.0 Å². The Morgan fingerprint density at radius 1 is 1.18 bits per heavy atom. The van der Waals surface area contributed by atoms with E-state index in [1.54, 1.807) is 18.2 Å². The molecule has 22 heavy (non-hydrogen) atoms. The molecule has 0 bridgehead atoms. The molecule has 0 heterocycles. The summed E-state index contributed by atoms with van der Waals surface area (Å²) in [6.45, 7) is 0. The van der Waals surface area contributed by atoms with Crippen molar-refractivity contribution in [3.63, 3.8) is 0 Å². The third kappa shape index (κ3) is 6.32. The summed E-state index contributed by atoms with van der Waals surface area (Å²) in [5, 5.41) is 8.54. The van der Waals surface area contributed by atoms with Gasteiger partial charge in [-0.05, 0) is 24.4 Å². The normalized spacial score (nSPS) is 12.5. The first-order valence-electron chi connectivity index (χ1n) is 5.58. The maximum absolute atomic E-state index is 11.4. The lowest BCUT2D eigenvalue weighted by atomic mass is 10.3. The average Bonchev–Trinajstić information content (AvgIpc) is 2.41. The molecule has 0 aliphatic heterocycles. The lowest BCUT2D eigenvalue weighted by Crippen LogP contribution is -2.56. The number of thiocarbonyl (C=S) groups is 1. The van der Waals surface area contributed by atoms with Crippen LogP contribution in [0.1, 0.15) is 0 Å². The first-order chi connectivity index (χ1) is 10.1. The molecule has 0 saturated heterocycles. The van der Waals surface area contributed by atoms with Crippen LogP contribution in [-0.4, -0.2) is 26.9 Å². The molecule has 3 N–H and O–H groups in total. The number of hydrogen-bond acceptors (Lipinski definition) is 2. The van der Waals surface area contributed by atoms with Crippen LogP contribution < -0.4 is 16.0 Å². The molecule has 0 aliphatic rings. The second-order valence-corrected chi connectivity index (χ2v) is 7.73. The fourth-order valence-electron chi connectivity index (χ4n) is 1.30. The number of alkyl halides is 4. The van der Waals surface area contributed by atoms with Crippen LogP contribution in [0, 0.1) is 0 Å². The number of nitrogens with one attached hydrogen (secondary N) is 3. The highest BCUT2D eigenvalue weighted by Crippen LogP contribution is 2.31. The van der Waals surface area contributed by atoms with Crippen molar-refractivity contribution in [2.24, 2.45) is 0 Å². The molecule has 1 amide bonds. The third-order valence-corrected chi connectivity index (χ3v) is 3.98. The van der Waals surface area contributed by atoms with Crippen LogP contribution in [0.3, 0.4) is 0 Å². The molecule has 1 unspecified atom stereocenters. The Labute approximate surface area is 162 Å². The van der Waals surface area contributed by atoms with Gasteiger partial charge in [-0.2, -0.15) is 0 Å². The summed E-state index contributed by atoms with van der Waals surface area (Å²) in [6.07, 6.45) is -1.11. The Morgan fingerprint density at radius 2 is 1.73 bits per heavy atom. The maximum atomic E-state index is 11.4. The zero-order valence-corrected chi connectivity index (χ0v) is 16.0. The zero-order chi connectivity index (χ0) is 16.9. The molecule has 11 heteroatoms. The van der Waals surface area contributed by atoms with Crippen LogP contribution in [0.15, 0.2) is 18.2 Å². The summed E-state index contributed by atoms with van der Waals surface area (Å²) in [5.41, 5.74) is 0.384. The molecule has 122 valence electrons. The molecule has 0 spiro atoms. The molecule has 1 aromatic rings. The van der Waals surface area contributed by atoms with Gasteiger partial charge in [0.05, 0.1) is 15.7 Å². The largest absolute Gasteiger partial charge is 0.339 e. The number of hydrogen-bond donors (Lipinski definition) is 3. The first-order valence-corrected chi connectivity index (χ1v) is 8.42. The Bertz CT molecular complexity index is 545. The van der Waals surface area contributed by atoms with E-state index in [-0.39, 0.29) is 11.0 Å². The molecule has 1 atom stereocenters. The molecule has 0 aromatic heterocycles. The van der Waals surface area contributed by atoms with Crippen LogP contribution in [0.5, 0.6) is 0 Å². The number of para-hydroxylation sites is 1. The Morgan fingerprint density at radius 3 is 2.18 bits per heavy atom. The molecule has 1 rings (SSSR count). The molecule has 4 nitrogen and oxygen atoms in total. The topological polar surface area (TPSA) is 53.2 Å². The average molecular weight is 444 g/mol. The highest BCUT2D eigenvalue weighted by Gasteiger charge is 2.34. The van der Waals surface area contributed by atoms with E-state index < -0.39 is 15.9 Å². The fraction of sp³-hybridized carbons (Fsp3) is 0.273. The second kappa shape index (κ2) is 8.83. The van der Waals surface area contributed by atoms with Crippen molar-refractivity contribution in [2.75, 3.05) is 11.2 Å². The number of benzene rings is 1. The van der Waals surface area contributed by atoms with E-state index in [4.69, 9.17) is 81.8 Å². The van der Waals surface area contributed by atoms with Gasteiger partial charge in [0.1, 0.15) is 12.0 Å². The van der Waals surface area contributed by atoms with Gasteiger partial charge in [-0.1, -0.05) is 64.1 Å². The fourth-order valence-corrected chi connectivity index (χ4v) is 2.41. The van der Waals surface area contributed by atoms with Gasteiger partial charge in [-0.3, -0.25) is 4.79 Å². The van der Waals surface area contributed by atoms with Crippen LogP contribution >= 0.6 is 81.8 Å². The molecular weight excluding hydrogens is 435 g/mol. The van der Waals surface area contributed by atoms with Crippen molar-refractivity contribution in [1.29, 1.82) is 0 Å². The molecular formula is C11H9Cl6N3OS. The van der Waals surface area contributed by atoms with Gasteiger partial charge >= 0.3 is 0 Å². The highest BCUT2D eigenvalue weighted by molar-refractivity contribution is 7.80. The van der Waals surface area contributed by atoms with Crippen molar-refractivity contribution in [3.05, 3.63) is 28.2 Å². The van der Waals surface area contributed by atoms with Crippen molar-refractivity contribution < 1.29 is 4.79 Å². The third-order valence-electron chi connectivity index (χ3n) is 2.23. The predicted molar refractivity (Wildman–Crippen MR) is 98.8 cm³/mol. The van der Waals surface area contributed by atoms with Gasteiger partial charge < -0.3 is 16.0 Å². The van der Waals surface area contributed by atoms with E-state index in [0.717, 1.165) is 0 Å². The standard InChI is InChI=1S/C11H9Cl6N3OS/c12-4-7(21)18-9(11(15,16)17)20-10(22)19-8-5(13)2-1-3-6(8)14/h1-3,9H,4H2,(H,18,21)(H2,19,20,22). The number of anilines is 1. The summed E-state index contributed by atoms with van der Waals surface area (Å²) >= 11 is 39.8. The van der Waals surface area contributed by atoms with Crippen molar-refractivity contribution in [1.82, 2.24) is 10.6 Å². The lowest BCUT2D eigenvalue weighted by Gasteiger charge is -2.27. The number of rotatable bonds is 4. The maximum Gasteiger partial charge on any atom is 0.236 e. The number of carbonyl (C=O) groups is 1. The minimum atomic E-state index is -1.86. The van der Waals surface area contributed by atoms with Gasteiger partial charge in [0.25, 0.3) is 0 Å². The summed E-state index contributed by atoms with van der Waals surface area (Å²) in [7, 11) is 0. The van der Waals surface area contributed by atoms with E-state index in [1.807, 2.05) is 0 Å². The quantitative estimate of drug-likeness (QED) is 0.368. The molecule has 0 saturated carbocycles. The minimum Gasteiger partial charge on any atom is -0.339 e. The Balaban J connectivity index is 2.81. The molecule has 0 aliphatic carbocycles. The molecule has 1 aromatic carbocycles. The Kier molecular flexibility index (Phi) is 8.09. The van der Waals surface area contributed by atoms with E-state index >= 15 is 0 Å². The van der Waals surface area contributed by atoms with Gasteiger partial charge in [-0.15, -0.1) is 11.6 Å². The number of halogens is 6. The van der Waals surface area contributed by atoms with E-state index in [9.17, 15) is 4.79 Å². The SMILES string of the molecule is O=C(CCl)NC(NC(=S)Nc1c(Cl)cccc1Cl)C(Cl)(Cl)Cl. The van der Waals surface area contributed by atoms with Crippen molar-refractivity contribution in [2.45, 2.75) is 9.96 Å². The van der Waals surface area contributed by atoms with Crippen LogP contribution in [-0.2, 0) is 4.79 Å². The van der Waals surface area contributed by atoms with Gasteiger partial charge in [0, 0.05) is 0 Å². The smallest absolute Gasteiger partial charge is 0.236 e. The summed E-state index contributed by atoms with van der Waals surface area (Å²) in [4.78, 5) is 11.4. The van der Waals surface area contributed by atoms with Crippen LogP contribution in [0.25, 0.3) is 0 Å². The predicted octanol–water partition coefficient (Wildman–Crippen LogP) is 4.33. The lowest BCUT2D eigenvalue weighted by molar-refractivity contribution is -0.119. The van der Waals surface area contributed by atoms with E-state index in [1.165, 1.54) is 0 Å². The summed E-state index contributed by atoms with van der Waals surface area (Å²) in [6, 6.07) is 4.93. The van der Waals surface area contributed by atoms with Crippen LogP contribution in [0.4, 0.5) is 5.69 Å². The first kappa shape index (κ1) is 20.2. The molecule has 0 radical (unpaired) electrons. The second-order valence-electron chi connectivity index (χ2n) is 3.87. The van der Waals surface area contributed by atoms with E-state index in [0.29, 0.717) is 15.7 Å². The monoisotopic (exact) mass is 441 g/mol. The number of amides is 1. The molecule has 0 fully saturated rings. The number of carbonyl (C=O) groups excluding carboxylic acids is 1. The Hall–Kier alpha value is 0.120. The van der Waals surface area contributed by atoms with Gasteiger partial charge in [0.2, 0.25) is 9.70 Å². The zero-order valence-electron chi connectivity index (χ0n) is 10.6. The summed E-state index contributed by atoms with van der Waals surface area (Å²) in [5.74, 6) is -0.834. The summed E-state index contributed by atoms with van der Waals surface area (Å²) < 4.78 is -1.86. The van der Waals surface area contributed by atoms with Crippen molar-refractivity contribution >= 4 is 98.5 Å². The highest BCUT2D eigenvalue weighted by atomic mass is 35.6. The van der Waals surface area contributed by atoms with Crippen molar-refractivity contribution in [3.8, 4) is 0 Å². The minimum absolute atomic E-state index is 0.0428. The van der Waals surface area contributed by atoms with Gasteiger partial charge in [-0.25, -0.2) is 0 Å².